The lowest BCUT2D eigenvalue weighted by Crippen LogP contribution is -2.12. The first kappa shape index (κ1) is 14.9. The van der Waals surface area contributed by atoms with Crippen LogP contribution >= 0.6 is 28.1 Å². The lowest BCUT2D eigenvalue weighted by molar-refractivity contribution is 0.581. The van der Waals surface area contributed by atoms with Crippen LogP contribution in [0.3, 0.4) is 0 Å². The molecule has 0 amide bonds. The maximum atomic E-state index is 13.7. The zero-order chi connectivity index (χ0) is 14.9. The van der Waals surface area contributed by atoms with Crippen LogP contribution in [-0.2, 0) is 0 Å². The Morgan fingerprint density at radius 1 is 1.15 bits per heavy atom. The molecule has 3 N–H and O–H groups in total. The fourth-order valence-corrected chi connectivity index (χ4v) is 2.25. The molecule has 0 unspecified atom stereocenters. The van der Waals surface area contributed by atoms with Crippen LogP contribution in [0.25, 0.3) is 0 Å². The Labute approximate surface area is 129 Å². The van der Waals surface area contributed by atoms with Crippen molar-refractivity contribution < 1.29 is 8.78 Å². The molecule has 0 atom stereocenters. The second-order valence-electron chi connectivity index (χ2n) is 4.28. The van der Waals surface area contributed by atoms with Gasteiger partial charge in [-0.15, -0.1) is 0 Å². The molecule has 20 heavy (non-hydrogen) atoms. The molecular weight excluding hydrogens is 346 g/mol. The Morgan fingerprint density at radius 3 is 2.50 bits per heavy atom. The van der Waals surface area contributed by atoms with Gasteiger partial charge in [0.1, 0.15) is 16.6 Å². The minimum absolute atomic E-state index is 0.139. The van der Waals surface area contributed by atoms with Gasteiger partial charge in [0.15, 0.2) is 0 Å². The Kier molecular flexibility index (Phi) is 4.35. The van der Waals surface area contributed by atoms with Crippen LogP contribution in [0.2, 0.25) is 0 Å². The van der Waals surface area contributed by atoms with Gasteiger partial charge in [0.05, 0.1) is 10.2 Å². The van der Waals surface area contributed by atoms with Crippen LogP contribution in [0.1, 0.15) is 11.1 Å². The molecule has 0 fully saturated rings. The van der Waals surface area contributed by atoms with E-state index in [2.05, 4.69) is 21.2 Å². The molecule has 2 rings (SSSR count). The third-order valence-electron chi connectivity index (χ3n) is 2.72. The van der Waals surface area contributed by atoms with Crippen molar-refractivity contribution in [2.75, 3.05) is 5.32 Å². The first-order chi connectivity index (χ1) is 9.38. The smallest absolute Gasteiger partial charge is 0.149 e. The zero-order valence-electron chi connectivity index (χ0n) is 10.5. The van der Waals surface area contributed by atoms with Gasteiger partial charge in [-0.3, -0.25) is 0 Å². The van der Waals surface area contributed by atoms with Gasteiger partial charge >= 0.3 is 0 Å². The number of nitrogens with two attached hydrogens (primary N) is 1. The number of hydrogen-bond donors (Lipinski definition) is 2. The number of aryl methyl sites for hydroxylation is 1. The highest BCUT2D eigenvalue weighted by Gasteiger charge is 2.11. The number of thiocarbonyl (C=S) groups is 1. The monoisotopic (exact) mass is 356 g/mol. The minimum atomic E-state index is -0.694. The number of hydrogen-bond acceptors (Lipinski definition) is 2. The van der Waals surface area contributed by atoms with Gasteiger partial charge in [-0.25, -0.2) is 8.78 Å². The Balaban J connectivity index is 2.45. The van der Waals surface area contributed by atoms with Gasteiger partial charge in [0.2, 0.25) is 0 Å². The molecule has 2 aromatic rings. The topological polar surface area (TPSA) is 38.0 Å². The molecule has 0 saturated carbocycles. The largest absolute Gasteiger partial charge is 0.389 e. The van der Waals surface area contributed by atoms with Crippen molar-refractivity contribution in [3.63, 3.8) is 0 Å². The summed E-state index contributed by atoms with van der Waals surface area (Å²) in [5, 5.41) is 2.88. The summed E-state index contributed by atoms with van der Waals surface area (Å²) in [5.74, 6) is -1.35. The van der Waals surface area contributed by atoms with Crippen molar-refractivity contribution in [2.24, 2.45) is 5.73 Å². The summed E-state index contributed by atoms with van der Waals surface area (Å²) < 4.78 is 27.1. The number of rotatable bonds is 3. The van der Waals surface area contributed by atoms with E-state index in [4.69, 9.17) is 18.0 Å². The van der Waals surface area contributed by atoms with E-state index in [-0.39, 0.29) is 15.1 Å². The van der Waals surface area contributed by atoms with Crippen LogP contribution in [0, 0.1) is 18.6 Å². The summed E-state index contributed by atoms with van der Waals surface area (Å²) >= 11 is 8.00. The van der Waals surface area contributed by atoms with Crippen molar-refractivity contribution in [3.8, 4) is 0 Å². The van der Waals surface area contributed by atoms with E-state index in [0.29, 0.717) is 11.3 Å². The van der Waals surface area contributed by atoms with Crippen LogP contribution < -0.4 is 11.1 Å². The zero-order valence-corrected chi connectivity index (χ0v) is 12.9. The van der Waals surface area contributed by atoms with E-state index >= 15 is 0 Å². The number of benzene rings is 2. The predicted octanol–water partition coefficient (Wildman–Crippen LogP) is 4.41. The van der Waals surface area contributed by atoms with Crippen LogP contribution in [0.15, 0.2) is 34.8 Å². The molecule has 2 nitrogen and oxygen atoms in total. The molecule has 0 aliphatic carbocycles. The highest BCUT2D eigenvalue weighted by molar-refractivity contribution is 9.10. The molecule has 0 spiro atoms. The fourth-order valence-electron chi connectivity index (χ4n) is 1.73. The van der Waals surface area contributed by atoms with E-state index in [9.17, 15) is 8.78 Å². The quantitative estimate of drug-likeness (QED) is 0.631. The number of halogens is 3. The van der Waals surface area contributed by atoms with Crippen LogP contribution in [0.4, 0.5) is 20.2 Å². The molecule has 0 aliphatic rings. The first-order valence-corrected chi connectivity index (χ1v) is 6.90. The molecule has 0 aromatic heterocycles. The fraction of sp³-hybridized carbons (Fsp3) is 0.0714. The van der Waals surface area contributed by atoms with E-state index in [1.807, 2.05) is 13.0 Å². The highest BCUT2D eigenvalue weighted by atomic mass is 79.9. The van der Waals surface area contributed by atoms with Gasteiger partial charge in [-0.1, -0.05) is 23.8 Å². The van der Waals surface area contributed by atoms with Gasteiger partial charge < -0.3 is 11.1 Å². The third kappa shape index (κ3) is 3.13. The highest BCUT2D eigenvalue weighted by Crippen LogP contribution is 2.28. The molecule has 0 heterocycles. The second-order valence-corrected chi connectivity index (χ2v) is 5.58. The molecule has 6 heteroatoms. The van der Waals surface area contributed by atoms with E-state index in [0.717, 1.165) is 11.6 Å². The number of anilines is 2. The summed E-state index contributed by atoms with van der Waals surface area (Å²) in [6.07, 6.45) is 0. The molecule has 2 aromatic carbocycles. The van der Waals surface area contributed by atoms with Gasteiger partial charge in [-0.05, 0) is 41.1 Å². The normalized spacial score (nSPS) is 10.4. The molecule has 0 radical (unpaired) electrons. The standard InChI is InChI=1S/C14H11BrF2N2S/c1-7-2-3-12(8(4-7)14(18)20)19-13-5-9(15)10(16)6-11(13)17/h2-6,19H,1H3,(H2,18,20). The summed E-state index contributed by atoms with van der Waals surface area (Å²) in [5.41, 5.74) is 7.96. The average Bonchev–Trinajstić information content (AvgIpc) is 2.37. The Morgan fingerprint density at radius 2 is 1.85 bits per heavy atom. The van der Waals surface area contributed by atoms with Crippen molar-refractivity contribution in [2.45, 2.75) is 6.92 Å². The molecule has 104 valence electrons. The maximum absolute atomic E-state index is 13.7. The van der Waals surface area contributed by atoms with Crippen LogP contribution in [0.5, 0.6) is 0 Å². The average molecular weight is 357 g/mol. The summed E-state index contributed by atoms with van der Waals surface area (Å²) in [4.78, 5) is 0.206. The van der Waals surface area contributed by atoms with Crippen molar-refractivity contribution in [1.82, 2.24) is 0 Å². The van der Waals surface area contributed by atoms with E-state index in [1.165, 1.54) is 6.07 Å². The minimum Gasteiger partial charge on any atom is -0.389 e. The third-order valence-corrected chi connectivity index (χ3v) is 3.55. The summed E-state index contributed by atoms with van der Waals surface area (Å²) in [6.45, 7) is 1.90. The van der Waals surface area contributed by atoms with Crippen LogP contribution in [-0.4, -0.2) is 4.99 Å². The molecule has 0 bridgehead atoms. The second kappa shape index (κ2) is 5.85. The van der Waals surface area contributed by atoms with Gasteiger partial charge in [0.25, 0.3) is 0 Å². The van der Waals surface area contributed by atoms with E-state index in [1.54, 1.807) is 12.1 Å². The Hall–Kier alpha value is -1.53. The summed E-state index contributed by atoms with van der Waals surface area (Å²) in [6, 6.07) is 7.54. The summed E-state index contributed by atoms with van der Waals surface area (Å²) in [7, 11) is 0. The SMILES string of the molecule is Cc1ccc(Nc2cc(Br)c(F)cc2F)c(C(N)=S)c1. The first-order valence-electron chi connectivity index (χ1n) is 5.70. The maximum Gasteiger partial charge on any atom is 0.149 e. The number of nitrogens with one attached hydrogen (secondary N) is 1. The molecule has 0 saturated heterocycles. The van der Waals surface area contributed by atoms with Crippen molar-refractivity contribution in [1.29, 1.82) is 0 Å². The van der Waals surface area contributed by atoms with Crippen molar-refractivity contribution >= 4 is 44.5 Å². The predicted molar refractivity (Wildman–Crippen MR) is 84.4 cm³/mol. The lowest BCUT2D eigenvalue weighted by Gasteiger charge is -2.13. The van der Waals surface area contributed by atoms with E-state index < -0.39 is 11.6 Å². The Bertz CT molecular complexity index is 689. The van der Waals surface area contributed by atoms with Crippen molar-refractivity contribution in [3.05, 3.63) is 57.6 Å². The molecule has 0 aliphatic heterocycles. The molecular formula is C14H11BrF2N2S. The van der Waals surface area contributed by atoms with Gasteiger partial charge in [0, 0.05) is 17.3 Å². The van der Waals surface area contributed by atoms with Gasteiger partial charge in [-0.2, -0.15) is 0 Å². The lowest BCUT2D eigenvalue weighted by atomic mass is 10.1.